The van der Waals surface area contributed by atoms with Crippen molar-refractivity contribution in [3.05, 3.63) is 60.4 Å². The Labute approximate surface area is 162 Å². The molecule has 3 rings (SSSR count). The van der Waals surface area contributed by atoms with Crippen LogP contribution in [0.5, 0.6) is 17.2 Å². The lowest BCUT2D eigenvalue weighted by molar-refractivity contribution is 0.324. The first-order valence-electron chi connectivity index (χ1n) is 8.60. The summed E-state index contributed by atoms with van der Waals surface area (Å²) in [6.45, 7) is 2.09. The molecule has 0 aliphatic carbocycles. The van der Waals surface area contributed by atoms with Crippen LogP contribution in [-0.4, -0.2) is 31.3 Å². The van der Waals surface area contributed by atoms with Crippen molar-refractivity contribution in [3.63, 3.8) is 0 Å². The van der Waals surface area contributed by atoms with E-state index in [0.717, 1.165) is 5.56 Å². The molecule has 0 bridgehead atoms. The molecule has 0 unspecified atom stereocenters. The molecule has 1 N–H and O–H groups in total. The van der Waals surface area contributed by atoms with Gasteiger partial charge in [0.2, 0.25) is 5.75 Å². The maximum Gasteiger partial charge on any atom is 0.203 e. The molecule has 6 heteroatoms. The minimum Gasteiger partial charge on any atom is -0.493 e. The fourth-order valence-electron chi connectivity index (χ4n) is 2.85. The molecule has 0 aliphatic heterocycles. The molecular formula is C21H27N3O3. The van der Waals surface area contributed by atoms with E-state index in [1.807, 2.05) is 30.3 Å². The van der Waals surface area contributed by atoms with Crippen LogP contribution >= 0.6 is 0 Å². The van der Waals surface area contributed by atoms with Gasteiger partial charge in [-0.05, 0) is 24.6 Å². The number of rotatable bonds is 7. The van der Waals surface area contributed by atoms with Crippen molar-refractivity contribution in [2.75, 3.05) is 26.6 Å². The van der Waals surface area contributed by atoms with Gasteiger partial charge in [0.1, 0.15) is 5.82 Å². The highest BCUT2D eigenvalue weighted by molar-refractivity contribution is 5.69. The van der Waals surface area contributed by atoms with Crippen molar-refractivity contribution in [1.29, 1.82) is 0 Å². The highest BCUT2D eigenvalue weighted by Crippen LogP contribution is 2.40. The van der Waals surface area contributed by atoms with E-state index >= 15 is 0 Å². The van der Waals surface area contributed by atoms with Crippen LogP contribution in [-0.2, 0) is 0 Å². The second-order valence-corrected chi connectivity index (χ2v) is 5.98. The van der Waals surface area contributed by atoms with E-state index in [4.69, 9.17) is 14.2 Å². The van der Waals surface area contributed by atoms with Crippen LogP contribution in [0.1, 0.15) is 21.4 Å². The van der Waals surface area contributed by atoms with Gasteiger partial charge in [0.05, 0.1) is 39.4 Å². The predicted octanol–water partition coefficient (Wildman–Crippen LogP) is 4.83. The lowest BCUT2D eigenvalue weighted by Gasteiger charge is -2.16. The summed E-state index contributed by atoms with van der Waals surface area (Å²) < 4.78 is 16.2. The Morgan fingerprint density at radius 2 is 1.59 bits per heavy atom. The maximum absolute atomic E-state index is 5.42. The first kappa shape index (κ1) is 18.5. The molecule has 0 fully saturated rings. The lowest BCUT2D eigenvalue weighted by Crippen LogP contribution is -2.08. The van der Waals surface area contributed by atoms with E-state index in [1.165, 1.54) is 5.56 Å². The van der Waals surface area contributed by atoms with Gasteiger partial charge in [-0.3, -0.25) is 4.98 Å². The van der Waals surface area contributed by atoms with E-state index in [1.54, 1.807) is 33.7 Å². The molecule has 0 saturated heterocycles. The summed E-state index contributed by atoms with van der Waals surface area (Å²) in [7, 11) is 4.76. The largest absolute Gasteiger partial charge is 0.493 e. The molecule has 6 nitrogen and oxygen atoms in total. The third-order valence-corrected chi connectivity index (χ3v) is 4.26. The van der Waals surface area contributed by atoms with Crippen molar-refractivity contribution in [1.82, 2.24) is 9.97 Å². The molecule has 3 aromatic rings. The summed E-state index contributed by atoms with van der Waals surface area (Å²) in [6, 6.07) is 14.0. The summed E-state index contributed by atoms with van der Waals surface area (Å²) in [4.78, 5) is 9.01. The summed E-state index contributed by atoms with van der Waals surface area (Å²) in [5.41, 5.74) is 2.71. The Morgan fingerprint density at radius 3 is 2.19 bits per heavy atom. The van der Waals surface area contributed by atoms with Gasteiger partial charge in [-0.2, -0.15) is 0 Å². The minimum atomic E-state index is 0. The van der Waals surface area contributed by atoms with Crippen LogP contribution < -0.4 is 19.5 Å². The van der Waals surface area contributed by atoms with E-state index in [9.17, 15) is 0 Å². The number of anilines is 1. The second kappa shape index (κ2) is 8.40. The zero-order valence-electron chi connectivity index (χ0n) is 15.9. The van der Waals surface area contributed by atoms with Gasteiger partial charge in [-0.1, -0.05) is 30.3 Å². The van der Waals surface area contributed by atoms with Crippen LogP contribution in [0.2, 0.25) is 0 Å². The molecule has 0 aliphatic rings. The normalized spacial score (nSPS) is 11.6. The van der Waals surface area contributed by atoms with E-state index < -0.39 is 0 Å². The topological polar surface area (TPSA) is 65.5 Å². The van der Waals surface area contributed by atoms with Gasteiger partial charge in [0.25, 0.3) is 0 Å². The van der Waals surface area contributed by atoms with Crippen molar-refractivity contribution < 1.29 is 17.1 Å². The summed E-state index contributed by atoms with van der Waals surface area (Å²) in [5, 5.41) is 3.39. The fraction of sp³-hybridized carbons (Fsp3) is 0.238. The van der Waals surface area contributed by atoms with Crippen molar-refractivity contribution in [3.8, 4) is 28.5 Å². The summed E-state index contributed by atoms with van der Waals surface area (Å²) in [5.74, 6) is 2.38. The molecule has 1 aromatic heterocycles. The molecule has 0 spiro atoms. The number of benzene rings is 2. The van der Waals surface area contributed by atoms with Crippen LogP contribution in [0.4, 0.5) is 5.82 Å². The number of nitrogens with zero attached hydrogens (tertiary/aromatic N) is 2. The summed E-state index contributed by atoms with van der Waals surface area (Å²) in [6.07, 6.45) is 3.42. The number of methoxy groups -OCH3 is 3. The van der Waals surface area contributed by atoms with E-state index in [0.29, 0.717) is 28.8 Å². The molecule has 0 saturated carbocycles. The Bertz CT molecular complexity index is 886. The third-order valence-electron chi connectivity index (χ3n) is 4.26. The molecule has 0 radical (unpaired) electrons. The minimum absolute atomic E-state index is 0. The zero-order chi connectivity index (χ0) is 19.2. The molecule has 144 valence electrons. The van der Waals surface area contributed by atoms with Gasteiger partial charge in [0.15, 0.2) is 11.5 Å². The second-order valence-electron chi connectivity index (χ2n) is 5.98. The van der Waals surface area contributed by atoms with Crippen LogP contribution in [0.15, 0.2) is 54.9 Å². The van der Waals surface area contributed by atoms with E-state index in [2.05, 4.69) is 34.3 Å². The quantitative estimate of drug-likeness (QED) is 0.643. The van der Waals surface area contributed by atoms with Crippen molar-refractivity contribution in [2.45, 2.75) is 13.0 Å². The molecule has 1 heterocycles. The number of nitrogens with one attached hydrogen (secondary N) is 1. The average molecular weight is 369 g/mol. The zero-order valence-corrected chi connectivity index (χ0v) is 15.9. The van der Waals surface area contributed by atoms with Crippen molar-refractivity contribution in [2.24, 2.45) is 0 Å². The lowest BCUT2D eigenvalue weighted by atomic mass is 10.1. The smallest absolute Gasteiger partial charge is 0.203 e. The molecule has 27 heavy (non-hydrogen) atoms. The molecule has 0 amide bonds. The number of hydrogen-bond donors (Lipinski definition) is 1. The maximum atomic E-state index is 5.42. The summed E-state index contributed by atoms with van der Waals surface area (Å²) >= 11 is 0. The standard InChI is InChI=1S/C21H23N3O3.2H2/c1-14(15-8-6-5-7-9-15)23-20-13-22-12-17(24-20)16-10-18(25-2)21(27-4)19(11-16)26-3;;/h5-14H,1-4H3,(H,23,24);2*1H/t14-;;/m0../s1. The van der Waals surface area contributed by atoms with Crippen molar-refractivity contribution >= 4 is 5.82 Å². The van der Waals surface area contributed by atoms with Gasteiger partial charge in [-0.25, -0.2) is 4.98 Å². The number of aromatic nitrogens is 2. The highest BCUT2D eigenvalue weighted by Gasteiger charge is 2.15. The molecule has 2 aromatic carbocycles. The first-order valence-corrected chi connectivity index (χ1v) is 8.60. The molecular weight excluding hydrogens is 342 g/mol. The highest BCUT2D eigenvalue weighted by atomic mass is 16.5. The fourth-order valence-corrected chi connectivity index (χ4v) is 2.85. The number of ether oxygens (including phenoxy) is 3. The van der Waals surface area contributed by atoms with Crippen LogP contribution in [0.3, 0.4) is 0 Å². The Morgan fingerprint density at radius 1 is 0.926 bits per heavy atom. The van der Waals surface area contributed by atoms with Crippen LogP contribution in [0, 0.1) is 0 Å². The van der Waals surface area contributed by atoms with E-state index in [-0.39, 0.29) is 8.90 Å². The predicted molar refractivity (Wildman–Crippen MR) is 110 cm³/mol. The SMILES string of the molecule is COc1cc(-c2cncc(N[C@@H](C)c3ccccc3)n2)cc(OC)c1OC.[HH].[HH]. The number of hydrogen-bond acceptors (Lipinski definition) is 6. The first-order chi connectivity index (χ1) is 13.2. The van der Waals surface area contributed by atoms with Crippen LogP contribution in [0.25, 0.3) is 11.3 Å². The van der Waals surface area contributed by atoms with Gasteiger partial charge in [0, 0.05) is 14.5 Å². The Balaban J connectivity index is 0.00000210. The van der Waals surface area contributed by atoms with Gasteiger partial charge >= 0.3 is 0 Å². The third kappa shape index (κ3) is 4.11. The average Bonchev–Trinajstić information content (AvgIpc) is 2.73. The monoisotopic (exact) mass is 369 g/mol. The Kier molecular flexibility index (Phi) is 5.76. The molecule has 1 atom stereocenters. The van der Waals surface area contributed by atoms with Gasteiger partial charge in [-0.15, -0.1) is 0 Å². The van der Waals surface area contributed by atoms with Gasteiger partial charge < -0.3 is 19.5 Å². The Hall–Kier alpha value is -3.28.